The van der Waals surface area contributed by atoms with E-state index >= 15 is 0 Å². The summed E-state index contributed by atoms with van der Waals surface area (Å²) in [4.78, 5) is 31.5. The number of hydrogen-bond donors (Lipinski definition) is 0. The second kappa shape index (κ2) is 6.09. The molecule has 18 heavy (non-hydrogen) atoms. The van der Waals surface area contributed by atoms with Crippen molar-refractivity contribution < 1.29 is 19.1 Å². The smallest absolute Gasteiger partial charge is 0.316 e. The third-order valence-corrected chi connectivity index (χ3v) is 2.51. The highest BCUT2D eigenvalue weighted by molar-refractivity contribution is 6.07. The number of aromatic nitrogens is 2. The molecule has 0 radical (unpaired) electrons. The van der Waals surface area contributed by atoms with E-state index in [1.54, 1.807) is 13.8 Å². The summed E-state index contributed by atoms with van der Waals surface area (Å²) in [6.07, 6.45) is 1.22. The van der Waals surface area contributed by atoms with Crippen molar-refractivity contribution in [1.82, 2.24) is 9.97 Å². The van der Waals surface area contributed by atoms with Crippen LogP contribution >= 0.6 is 0 Å². The van der Waals surface area contributed by atoms with Gasteiger partial charge in [0.2, 0.25) is 5.88 Å². The number of esters is 1. The highest BCUT2D eigenvalue weighted by Crippen LogP contribution is 2.19. The van der Waals surface area contributed by atoms with Crippen molar-refractivity contribution in [1.29, 1.82) is 0 Å². The summed E-state index contributed by atoms with van der Waals surface area (Å²) in [5.41, 5.74) is 0.144. The summed E-state index contributed by atoms with van der Waals surface area (Å²) < 4.78 is 9.55. The molecule has 0 N–H and O–H groups in total. The molecular formula is C12H16N2O4. The highest BCUT2D eigenvalue weighted by atomic mass is 16.5. The van der Waals surface area contributed by atoms with Crippen molar-refractivity contribution in [2.45, 2.75) is 13.8 Å². The normalized spacial score (nSPS) is 12.1. The van der Waals surface area contributed by atoms with E-state index in [-0.39, 0.29) is 17.5 Å². The Morgan fingerprint density at radius 1 is 1.22 bits per heavy atom. The van der Waals surface area contributed by atoms with Gasteiger partial charge in [0.25, 0.3) is 0 Å². The van der Waals surface area contributed by atoms with E-state index in [4.69, 9.17) is 4.74 Å². The van der Waals surface area contributed by atoms with E-state index in [0.717, 1.165) is 0 Å². The van der Waals surface area contributed by atoms with Crippen LogP contribution in [0, 0.1) is 11.8 Å². The minimum Gasteiger partial charge on any atom is -0.481 e. The average molecular weight is 252 g/mol. The van der Waals surface area contributed by atoms with E-state index in [9.17, 15) is 9.59 Å². The molecule has 98 valence electrons. The summed E-state index contributed by atoms with van der Waals surface area (Å²) in [6.45, 7) is 3.55. The van der Waals surface area contributed by atoms with Crippen molar-refractivity contribution in [3.05, 3.63) is 18.1 Å². The maximum absolute atomic E-state index is 12.2. The van der Waals surface area contributed by atoms with Gasteiger partial charge in [0.1, 0.15) is 17.9 Å². The van der Waals surface area contributed by atoms with Gasteiger partial charge in [-0.3, -0.25) is 9.59 Å². The van der Waals surface area contributed by atoms with E-state index < -0.39 is 17.7 Å². The Morgan fingerprint density at radius 3 is 2.39 bits per heavy atom. The number of rotatable bonds is 5. The maximum Gasteiger partial charge on any atom is 0.316 e. The molecule has 1 heterocycles. The van der Waals surface area contributed by atoms with Crippen LogP contribution in [0.1, 0.15) is 24.3 Å². The first kappa shape index (κ1) is 14.1. The Labute approximate surface area is 105 Å². The quantitative estimate of drug-likeness (QED) is 0.444. The fourth-order valence-corrected chi connectivity index (χ4v) is 1.55. The van der Waals surface area contributed by atoms with Crippen molar-refractivity contribution in [3.8, 4) is 5.88 Å². The molecule has 0 aliphatic heterocycles. The van der Waals surface area contributed by atoms with Crippen LogP contribution in [0.25, 0.3) is 0 Å². The zero-order chi connectivity index (χ0) is 13.7. The molecule has 1 atom stereocenters. The van der Waals surface area contributed by atoms with Crippen LogP contribution in [0.15, 0.2) is 12.4 Å². The molecule has 0 aromatic carbocycles. The average Bonchev–Trinajstić information content (AvgIpc) is 2.38. The number of Topliss-reactive ketones (excluding diaryl/α,β-unsaturated/α-hetero) is 1. The predicted octanol–water partition coefficient (Wildman–Crippen LogP) is 1.11. The molecular weight excluding hydrogens is 236 g/mol. The first-order valence-electron chi connectivity index (χ1n) is 5.49. The van der Waals surface area contributed by atoms with Crippen molar-refractivity contribution in [2.75, 3.05) is 14.2 Å². The predicted molar refractivity (Wildman–Crippen MR) is 63.3 cm³/mol. The fraction of sp³-hybridized carbons (Fsp3) is 0.500. The zero-order valence-electron chi connectivity index (χ0n) is 10.8. The van der Waals surface area contributed by atoms with Gasteiger partial charge in [-0.1, -0.05) is 13.8 Å². The van der Waals surface area contributed by atoms with E-state index in [1.807, 2.05) is 0 Å². The summed E-state index contributed by atoms with van der Waals surface area (Å²) in [6, 6.07) is 1.40. The van der Waals surface area contributed by atoms with Crippen molar-refractivity contribution in [3.63, 3.8) is 0 Å². The molecule has 0 amide bonds. The van der Waals surface area contributed by atoms with Crippen LogP contribution in [-0.4, -0.2) is 35.9 Å². The third kappa shape index (κ3) is 3.03. The second-order valence-corrected chi connectivity index (χ2v) is 4.05. The first-order chi connectivity index (χ1) is 8.51. The minimum atomic E-state index is -0.866. The Morgan fingerprint density at radius 2 is 1.89 bits per heavy atom. The van der Waals surface area contributed by atoms with Crippen LogP contribution in [0.4, 0.5) is 0 Å². The number of carbonyl (C=O) groups excluding carboxylic acids is 2. The summed E-state index contributed by atoms with van der Waals surface area (Å²) >= 11 is 0. The summed E-state index contributed by atoms with van der Waals surface area (Å²) in [5.74, 6) is -1.72. The molecule has 0 aliphatic carbocycles. The van der Waals surface area contributed by atoms with Gasteiger partial charge in [-0.25, -0.2) is 9.97 Å². The minimum absolute atomic E-state index is 0.144. The van der Waals surface area contributed by atoms with Crippen LogP contribution in [0.5, 0.6) is 5.88 Å². The fourth-order valence-electron chi connectivity index (χ4n) is 1.55. The van der Waals surface area contributed by atoms with Gasteiger partial charge in [0.05, 0.1) is 14.2 Å². The lowest BCUT2D eigenvalue weighted by molar-refractivity contribution is -0.144. The number of methoxy groups -OCH3 is 2. The summed E-state index contributed by atoms with van der Waals surface area (Å²) in [5, 5.41) is 0. The van der Waals surface area contributed by atoms with Crippen LogP contribution in [0.2, 0.25) is 0 Å². The van der Waals surface area contributed by atoms with Crippen LogP contribution < -0.4 is 4.74 Å². The molecule has 6 nitrogen and oxygen atoms in total. The number of hydrogen-bond acceptors (Lipinski definition) is 6. The molecule has 0 saturated carbocycles. The van der Waals surface area contributed by atoms with Gasteiger partial charge < -0.3 is 9.47 Å². The molecule has 0 aliphatic rings. The molecule has 1 unspecified atom stereocenters. The van der Waals surface area contributed by atoms with Gasteiger partial charge in [-0.15, -0.1) is 0 Å². The molecule has 0 bridgehead atoms. The lowest BCUT2D eigenvalue weighted by Gasteiger charge is -2.16. The zero-order valence-corrected chi connectivity index (χ0v) is 10.8. The molecule has 0 spiro atoms. The molecule has 1 aromatic heterocycles. The Hall–Kier alpha value is -1.98. The van der Waals surface area contributed by atoms with Crippen molar-refractivity contribution >= 4 is 11.8 Å². The maximum atomic E-state index is 12.2. The van der Waals surface area contributed by atoms with Crippen LogP contribution in [-0.2, 0) is 9.53 Å². The van der Waals surface area contributed by atoms with E-state index in [0.29, 0.717) is 0 Å². The van der Waals surface area contributed by atoms with Gasteiger partial charge in [0.15, 0.2) is 5.78 Å². The van der Waals surface area contributed by atoms with Gasteiger partial charge in [-0.2, -0.15) is 0 Å². The number of carbonyl (C=O) groups is 2. The lowest BCUT2D eigenvalue weighted by atomic mass is 9.90. The van der Waals surface area contributed by atoms with Gasteiger partial charge in [-0.05, 0) is 5.92 Å². The number of ketones is 1. The standard InChI is InChI=1S/C12H16N2O4/c1-7(2)10(12(16)18-4)11(15)8-5-9(17-3)14-6-13-8/h5-7,10H,1-4H3. The first-order valence-corrected chi connectivity index (χ1v) is 5.49. The molecule has 0 fully saturated rings. The largest absolute Gasteiger partial charge is 0.481 e. The summed E-state index contributed by atoms with van der Waals surface area (Å²) in [7, 11) is 2.70. The number of ether oxygens (including phenoxy) is 2. The number of nitrogens with zero attached hydrogens (tertiary/aromatic N) is 2. The van der Waals surface area contributed by atoms with Gasteiger partial charge in [0, 0.05) is 6.07 Å². The van der Waals surface area contributed by atoms with Crippen LogP contribution in [0.3, 0.4) is 0 Å². The Bertz CT molecular complexity index is 445. The molecule has 0 saturated heterocycles. The lowest BCUT2D eigenvalue weighted by Crippen LogP contribution is -2.30. The Balaban J connectivity index is 3.05. The highest BCUT2D eigenvalue weighted by Gasteiger charge is 2.32. The Kier molecular flexibility index (Phi) is 4.76. The second-order valence-electron chi connectivity index (χ2n) is 4.05. The molecule has 1 aromatic rings. The van der Waals surface area contributed by atoms with E-state index in [1.165, 1.54) is 26.6 Å². The topological polar surface area (TPSA) is 78.4 Å². The monoisotopic (exact) mass is 252 g/mol. The molecule has 6 heteroatoms. The SMILES string of the molecule is COC(=O)C(C(=O)c1cc(OC)ncn1)C(C)C. The molecule has 1 rings (SSSR count). The third-order valence-electron chi connectivity index (χ3n) is 2.51. The van der Waals surface area contributed by atoms with Crippen molar-refractivity contribution in [2.24, 2.45) is 11.8 Å². The van der Waals surface area contributed by atoms with Gasteiger partial charge >= 0.3 is 5.97 Å². The van der Waals surface area contributed by atoms with E-state index in [2.05, 4.69) is 14.7 Å².